The predicted octanol–water partition coefficient (Wildman–Crippen LogP) is 3.64. The Morgan fingerprint density at radius 1 is 1.08 bits per heavy atom. The Hall–Kier alpha value is -2.37. The summed E-state index contributed by atoms with van der Waals surface area (Å²) < 4.78 is 0. The van der Waals surface area contributed by atoms with Gasteiger partial charge in [-0.15, -0.1) is 0 Å². The molecule has 0 unspecified atom stereocenters. The number of carbonyl (C=O) groups is 2. The van der Waals surface area contributed by atoms with Crippen molar-refractivity contribution < 1.29 is 9.59 Å². The molecule has 0 saturated heterocycles. The van der Waals surface area contributed by atoms with Crippen LogP contribution in [0.25, 0.3) is 0 Å². The van der Waals surface area contributed by atoms with Crippen molar-refractivity contribution in [3.05, 3.63) is 69.7 Å². The van der Waals surface area contributed by atoms with E-state index in [0.717, 1.165) is 16.8 Å². The first-order valence-corrected chi connectivity index (χ1v) is 8.92. The standard InChI is InChI=1S/C19H17Cl2N3O2/c20-15-7-5-13(6-8-15)17-9-10-19(26)24(23-17)12-18(25)22-11-14-3-1-2-4-16(14)21/h1-8H,9-12H2,(H,22,25). The van der Waals surface area contributed by atoms with E-state index in [0.29, 0.717) is 29.4 Å². The molecule has 5 nitrogen and oxygen atoms in total. The molecule has 0 fully saturated rings. The summed E-state index contributed by atoms with van der Waals surface area (Å²) >= 11 is 12.0. The first-order chi connectivity index (χ1) is 12.5. The Bertz CT molecular complexity index is 850. The highest BCUT2D eigenvalue weighted by Crippen LogP contribution is 2.18. The van der Waals surface area contributed by atoms with E-state index in [-0.39, 0.29) is 18.4 Å². The smallest absolute Gasteiger partial charge is 0.243 e. The summed E-state index contributed by atoms with van der Waals surface area (Å²) in [5, 5.41) is 9.55. The van der Waals surface area contributed by atoms with Crippen LogP contribution in [0, 0.1) is 0 Å². The van der Waals surface area contributed by atoms with E-state index in [1.54, 1.807) is 18.2 Å². The Morgan fingerprint density at radius 2 is 1.81 bits per heavy atom. The van der Waals surface area contributed by atoms with E-state index < -0.39 is 0 Å². The Balaban J connectivity index is 1.64. The zero-order valence-electron chi connectivity index (χ0n) is 13.9. The van der Waals surface area contributed by atoms with Gasteiger partial charge in [-0.1, -0.05) is 53.5 Å². The second-order valence-electron chi connectivity index (χ2n) is 5.87. The summed E-state index contributed by atoms with van der Waals surface area (Å²) in [6.45, 7) is 0.175. The summed E-state index contributed by atoms with van der Waals surface area (Å²) in [6, 6.07) is 14.5. The first kappa shape index (κ1) is 18.4. The van der Waals surface area contributed by atoms with E-state index in [9.17, 15) is 9.59 Å². The van der Waals surface area contributed by atoms with Crippen LogP contribution in [-0.2, 0) is 16.1 Å². The third kappa shape index (κ3) is 4.62. The van der Waals surface area contributed by atoms with Gasteiger partial charge in [-0.25, -0.2) is 5.01 Å². The summed E-state index contributed by atoms with van der Waals surface area (Å²) in [7, 11) is 0. The van der Waals surface area contributed by atoms with Gasteiger partial charge in [0.1, 0.15) is 6.54 Å². The fraction of sp³-hybridized carbons (Fsp3) is 0.211. The minimum Gasteiger partial charge on any atom is -0.350 e. The molecule has 26 heavy (non-hydrogen) atoms. The van der Waals surface area contributed by atoms with Crippen molar-refractivity contribution in [2.75, 3.05) is 6.54 Å². The molecule has 2 aromatic rings. The second kappa shape index (κ2) is 8.34. The lowest BCUT2D eigenvalue weighted by molar-refractivity contribution is -0.136. The molecule has 0 spiro atoms. The van der Waals surface area contributed by atoms with E-state index in [1.807, 2.05) is 30.3 Å². The Morgan fingerprint density at radius 3 is 2.54 bits per heavy atom. The van der Waals surface area contributed by atoms with Gasteiger partial charge in [0.05, 0.1) is 5.71 Å². The number of amides is 2. The highest BCUT2D eigenvalue weighted by atomic mass is 35.5. The van der Waals surface area contributed by atoms with Gasteiger partial charge in [0.25, 0.3) is 0 Å². The van der Waals surface area contributed by atoms with Gasteiger partial charge in [0.15, 0.2) is 0 Å². The molecule has 0 aromatic heterocycles. The molecule has 0 aliphatic carbocycles. The van der Waals surface area contributed by atoms with Crippen molar-refractivity contribution in [3.8, 4) is 0 Å². The summed E-state index contributed by atoms with van der Waals surface area (Å²) in [6.07, 6.45) is 0.859. The molecule has 0 saturated carbocycles. The zero-order valence-corrected chi connectivity index (χ0v) is 15.4. The molecule has 2 aromatic carbocycles. The van der Waals surface area contributed by atoms with Crippen molar-refractivity contribution >= 4 is 40.7 Å². The molecule has 2 amide bonds. The van der Waals surface area contributed by atoms with Crippen LogP contribution < -0.4 is 5.32 Å². The van der Waals surface area contributed by atoms with Gasteiger partial charge >= 0.3 is 0 Å². The number of halogens is 2. The molecule has 1 heterocycles. The van der Waals surface area contributed by atoms with Crippen LogP contribution in [0.5, 0.6) is 0 Å². The van der Waals surface area contributed by atoms with Gasteiger partial charge in [-0.05, 0) is 29.3 Å². The fourth-order valence-electron chi connectivity index (χ4n) is 2.60. The number of hydrogen-bond donors (Lipinski definition) is 1. The SMILES string of the molecule is O=C(CN1N=C(c2ccc(Cl)cc2)CCC1=O)NCc1ccccc1Cl. The third-order valence-corrected chi connectivity index (χ3v) is 4.63. The average Bonchev–Trinajstić information content (AvgIpc) is 2.64. The van der Waals surface area contributed by atoms with Crippen LogP contribution in [0.1, 0.15) is 24.0 Å². The van der Waals surface area contributed by atoms with Crippen molar-refractivity contribution in [1.29, 1.82) is 0 Å². The highest BCUT2D eigenvalue weighted by molar-refractivity contribution is 6.31. The van der Waals surface area contributed by atoms with Crippen LogP contribution in [0.2, 0.25) is 10.0 Å². The molecule has 1 N–H and O–H groups in total. The second-order valence-corrected chi connectivity index (χ2v) is 6.72. The normalized spacial score (nSPS) is 14.2. The van der Waals surface area contributed by atoms with Gasteiger partial charge < -0.3 is 5.32 Å². The van der Waals surface area contributed by atoms with Crippen molar-refractivity contribution in [2.45, 2.75) is 19.4 Å². The van der Waals surface area contributed by atoms with E-state index in [4.69, 9.17) is 23.2 Å². The van der Waals surface area contributed by atoms with E-state index in [1.165, 1.54) is 5.01 Å². The van der Waals surface area contributed by atoms with Crippen molar-refractivity contribution in [1.82, 2.24) is 10.3 Å². The van der Waals surface area contributed by atoms with Crippen molar-refractivity contribution in [2.24, 2.45) is 5.10 Å². The van der Waals surface area contributed by atoms with Crippen LogP contribution in [0.4, 0.5) is 0 Å². The lowest BCUT2D eigenvalue weighted by Crippen LogP contribution is -2.40. The van der Waals surface area contributed by atoms with Crippen LogP contribution in [0.15, 0.2) is 53.6 Å². The van der Waals surface area contributed by atoms with E-state index in [2.05, 4.69) is 10.4 Å². The number of benzene rings is 2. The van der Waals surface area contributed by atoms with Gasteiger partial charge in [-0.3, -0.25) is 9.59 Å². The maximum Gasteiger partial charge on any atom is 0.243 e. The van der Waals surface area contributed by atoms with E-state index >= 15 is 0 Å². The fourth-order valence-corrected chi connectivity index (χ4v) is 2.93. The largest absolute Gasteiger partial charge is 0.350 e. The third-order valence-electron chi connectivity index (χ3n) is 4.01. The molecule has 1 aliphatic heterocycles. The highest BCUT2D eigenvalue weighted by Gasteiger charge is 2.23. The molecule has 0 radical (unpaired) electrons. The Kier molecular flexibility index (Phi) is 5.91. The monoisotopic (exact) mass is 389 g/mol. The quantitative estimate of drug-likeness (QED) is 0.848. The Labute approximate surface area is 161 Å². The predicted molar refractivity (Wildman–Crippen MR) is 102 cm³/mol. The zero-order chi connectivity index (χ0) is 18.5. The number of nitrogens with one attached hydrogen (secondary N) is 1. The van der Waals surface area contributed by atoms with Gasteiger partial charge in [-0.2, -0.15) is 5.10 Å². The minimum absolute atomic E-state index is 0.125. The molecule has 0 atom stereocenters. The van der Waals surface area contributed by atoms with Crippen molar-refractivity contribution in [3.63, 3.8) is 0 Å². The summed E-state index contributed by atoms with van der Waals surface area (Å²) in [4.78, 5) is 24.3. The number of carbonyl (C=O) groups excluding carboxylic acids is 2. The molecule has 7 heteroatoms. The lowest BCUT2D eigenvalue weighted by Gasteiger charge is -2.23. The lowest BCUT2D eigenvalue weighted by atomic mass is 10.0. The summed E-state index contributed by atoms with van der Waals surface area (Å²) in [5.74, 6) is -0.463. The number of hydrazone groups is 1. The summed E-state index contributed by atoms with van der Waals surface area (Å²) in [5.41, 5.74) is 2.47. The minimum atomic E-state index is -0.292. The molecule has 0 bridgehead atoms. The topological polar surface area (TPSA) is 61.8 Å². The first-order valence-electron chi connectivity index (χ1n) is 8.17. The van der Waals surface area contributed by atoms with Crippen LogP contribution in [-0.4, -0.2) is 29.1 Å². The van der Waals surface area contributed by atoms with Gasteiger partial charge in [0, 0.05) is 29.4 Å². The number of nitrogens with zero attached hydrogens (tertiary/aromatic N) is 2. The maximum atomic E-state index is 12.2. The molecule has 3 rings (SSSR count). The molecule has 1 aliphatic rings. The van der Waals surface area contributed by atoms with Crippen LogP contribution >= 0.6 is 23.2 Å². The molecular formula is C19H17Cl2N3O2. The molecular weight excluding hydrogens is 373 g/mol. The molecule has 134 valence electrons. The number of hydrogen-bond acceptors (Lipinski definition) is 3. The van der Waals surface area contributed by atoms with Gasteiger partial charge in [0.2, 0.25) is 11.8 Å². The maximum absolute atomic E-state index is 12.2. The van der Waals surface area contributed by atoms with Crippen LogP contribution in [0.3, 0.4) is 0 Å². The average molecular weight is 390 g/mol. The number of rotatable bonds is 5.